The van der Waals surface area contributed by atoms with Crippen molar-refractivity contribution in [3.05, 3.63) is 24.0 Å². The number of para-hydroxylation sites is 1. The smallest absolute Gasteiger partial charge is 0.146 e. The van der Waals surface area contributed by atoms with Crippen LogP contribution in [0.3, 0.4) is 0 Å². The Balaban J connectivity index is 2.70. The van der Waals surface area contributed by atoms with Crippen LogP contribution >= 0.6 is 22.6 Å². The van der Waals surface area contributed by atoms with Crippen molar-refractivity contribution in [3.63, 3.8) is 0 Å². The molecule has 0 aliphatic carbocycles. The molecule has 17 heavy (non-hydrogen) atoms. The molecular formula is C12H16IN3O. The molecule has 1 heterocycles. The summed E-state index contributed by atoms with van der Waals surface area (Å²) in [5, 5.41) is 0. The Bertz CT molecular complexity index is 522. The van der Waals surface area contributed by atoms with E-state index in [1.165, 1.54) is 0 Å². The Morgan fingerprint density at radius 2 is 2.29 bits per heavy atom. The summed E-state index contributed by atoms with van der Waals surface area (Å²) in [7, 11) is 0. The van der Waals surface area contributed by atoms with Crippen LogP contribution in [0, 0.1) is 0 Å². The third kappa shape index (κ3) is 2.26. The van der Waals surface area contributed by atoms with E-state index >= 15 is 0 Å². The molecule has 2 N–H and O–H groups in total. The maximum Gasteiger partial charge on any atom is 0.146 e. The van der Waals surface area contributed by atoms with Gasteiger partial charge in [-0.1, -0.05) is 6.07 Å². The first-order valence-corrected chi connectivity index (χ1v) is 7.15. The van der Waals surface area contributed by atoms with Gasteiger partial charge in [-0.25, -0.2) is 4.98 Å². The van der Waals surface area contributed by atoms with Crippen molar-refractivity contribution in [2.45, 2.75) is 26.4 Å². The van der Waals surface area contributed by atoms with Crippen molar-refractivity contribution in [3.8, 4) is 5.75 Å². The molecular weight excluding hydrogens is 329 g/mol. The van der Waals surface area contributed by atoms with Gasteiger partial charge in [-0.15, -0.1) is 0 Å². The van der Waals surface area contributed by atoms with Crippen molar-refractivity contribution in [1.29, 1.82) is 0 Å². The predicted octanol–water partition coefficient (Wildman–Crippen LogP) is 2.85. The fourth-order valence-corrected chi connectivity index (χ4v) is 2.35. The van der Waals surface area contributed by atoms with Crippen molar-refractivity contribution in [2.75, 3.05) is 4.61 Å². The molecule has 0 amide bonds. The molecule has 1 aromatic heterocycles. The van der Waals surface area contributed by atoms with E-state index in [9.17, 15) is 0 Å². The number of aryl methyl sites for hydroxylation is 1. The summed E-state index contributed by atoms with van der Waals surface area (Å²) < 4.78 is 8.39. The molecule has 0 aliphatic heterocycles. The summed E-state index contributed by atoms with van der Waals surface area (Å²) >= 11 is 2.19. The molecule has 2 aromatic rings. The van der Waals surface area contributed by atoms with Gasteiger partial charge in [-0.3, -0.25) is 0 Å². The largest absolute Gasteiger partial charge is 0.481 e. The Hall–Kier alpha value is -0.820. The van der Waals surface area contributed by atoms with Crippen LogP contribution in [0.5, 0.6) is 5.75 Å². The number of imidazole rings is 1. The van der Waals surface area contributed by atoms with Crippen molar-refractivity contribution < 1.29 is 4.74 Å². The second-order valence-electron chi connectivity index (χ2n) is 3.88. The van der Waals surface area contributed by atoms with Gasteiger partial charge in [-0.05, 0) is 48.6 Å². The molecule has 0 radical (unpaired) electrons. The lowest BCUT2D eigenvalue weighted by atomic mass is 10.3. The standard InChI is InChI=1S/C12H16IN3O/c1-3-16-11-9(15-12(16)8(2)14)5-4-6-10(11)17-7-13/h4-6,8H,3,7,14H2,1-2H3/t8-/m1/s1. The minimum atomic E-state index is -0.0743. The molecule has 0 unspecified atom stereocenters. The number of aromatic nitrogens is 2. The maximum absolute atomic E-state index is 5.95. The number of nitrogens with two attached hydrogens (primary N) is 1. The molecule has 0 saturated carbocycles. The number of halogens is 1. The zero-order valence-corrected chi connectivity index (χ0v) is 12.1. The second-order valence-corrected chi connectivity index (χ2v) is 4.50. The minimum Gasteiger partial charge on any atom is -0.481 e. The number of rotatable bonds is 4. The van der Waals surface area contributed by atoms with Crippen LogP contribution in [0.15, 0.2) is 18.2 Å². The zero-order chi connectivity index (χ0) is 12.4. The van der Waals surface area contributed by atoms with Crippen LogP contribution in [0.2, 0.25) is 0 Å². The van der Waals surface area contributed by atoms with Crippen molar-refractivity contribution in [2.24, 2.45) is 5.73 Å². The minimum absolute atomic E-state index is 0.0743. The Morgan fingerprint density at radius 1 is 1.53 bits per heavy atom. The van der Waals surface area contributed by atoms with E-state index in [2.05, 4.69) is 39.1 Å². The average Bonchev–Trinajstić information content (AvgIpc) is 2.69. The van der Waals surface area contributed by atoms with E-state index in [1.54, 1.807) is 0 Å². The number of fused-ring (bicyclic) bond motifs is 1. The van der Waals surface area contributed by atoms with Gasteiger partial charge in [-0.2, -0.15) is 0 Å². The molecule has 92 valence electrons. The van der Waals surface area contributed by atoms with E-state index < -0.39 is 0 Å². The summed E-state index contributed by atoms with van der Waals surface area (Å²) in [6.07, 6.45) is 0. The fourth-order valence-electron chi connectivity index (χ4n) is 2.01. The number of ether oxygens (including phenoxy) is 1. The van der Waals surface area contributed by atoms with Crippen LogP contribution in [0.1, 0.15) is 25.7 Å². The van der Waals surface area contributed by atoms with Crippen LogP contribution in [-0.2, 0) is 6.54 Å². The molecule has 0 spiro atoms. The van der Waals surface area contributed by atoms with E-state index in [0.717, 1.165) is 29.2 Å². The van der Waals surface area contributed by atoms with Gasteiger partial charge in [0.25, 0.3) is 0 Å². The second kappa shape index (κ2) is 5.22. The third-order valence-electron chi connectivity index (χ3n) is 2.69. The quantitative estimate of drug-likeness (QED) is 0.685. The number of nitrogens with zero attached hydrogens (tertiary/aromatic N) is 2. The van der Waals surface area contributed by atoms with E-state index in [1.807, 2.05) is 25.1 Å². The summed E-state index contributed by atoms with van der Waals surface area (Å²) in [4.78, 5) is 4.58. The van der Waals surface area contributed by atoms with Gasteiger partial charge >= 0.3 is 0 Å². The molecule has 0 aliphatic rings. The van der Waals surface area contributed by atoms with Crippen LogP contribution < -0.4 is 10.5 Å². The van der Waals surface area contributed by atoms with Gasteiger partial charge in [0.05, 0.1) is 11.6 Å². The van der Waals surface area contributed by atoms with E-state index in [-0.39, 0.29) is 6.04 Å². The van der Waals surface area contributed by atoms with Crippen LogP contribution in [-0.4, -0.2) is 14.2 Å². The molecule has 0 bridgehead atoms. The van der Waals surface area contributed by atoms with Crippen molar-refractivity contribution >= 4 is 33.6 Å². The molecule has 4 nitrogen and oxygen atoms in total. The monoisotopic (exact) mass is 345 g/mol. The SMILES string of the molecule is CCn1c([C@@H](C)N)nc2cccc(OCI)c21. The lowest BCUT2D eigenvalue weighted by Gasteiger charge is -2.10. The van der Waals surface area contributed by atoms with E-state index in [0.29, 0.717) is 4.61 Å². The summed E-state index contributed by atoms with van der Waals surface area (Å²) in [5.41, 5.74) is 7.94. The van der Waals surface area contributed by atoms with Gasteiger partial charge in [0.2, 0.25) is 0 Å². The first-order chi connectivity index (χ1) is 8.19. The highest BCUT2D eigenvalue weighted by molar-refractivity contribution is 14.1. The highest BCUT2D eigenvalue weighted by Gasteiger charge is 2.15. The lowest BCUT2D eigenvalue weighted by molar-refractivity contribution is 0.406. The Morgan fingerprint density at radius 3 is 2.88 bits per heavy atom. The van der Waals surface area contributed by atoms with Gasteiger partial charge in [0, 0.05) is 6.54 Å². The summed E-state index contributed by atoms with van der Waals surface area (Å²) in [6.45, 7) is 4.88. The molecule has 0 fully saturated rings. The third-order valence-corrected chi connectivity index (χ3v) is 3.00. The number of benzene rings is 1. The molecule has 5 heteroatoms. The maximum atomic E-state index is 5.95. The van der Waals surface area contributed by atoms with Crippen molar-refractivity contribution in [1.82, 2.24) is 9.55 Å². The average molecular weight is 345 g/mol. The number of hydrogen-bond acceptors (Lipinski definition) is 3. The lowest BCUT2D eigenvalue weighted by Crippen LogP contribution is -2.13. The fraction of sp³-hybridized carbons (Fsp3) is 0.417. The summed E-state index contributed by atoms with van der Waals surface area (Å²) in [5.74, 6) is 1.78. The predicted molar refractivity (Wildman–Crippen MR) is 77.5 cm³/mol. The Kier molecular flexibility index (Phi) is 3.88. The molecule has 2 rings (SSSR count). The summed E-state index contributed by atoms with van der Waals surface area (Å²) in [6, 6.07) is 5.85. The van der Waals surface area contributed by atoms with Crippen LogP contribution in [0.25, 0.3) is 11.0 Å². The number of alkyl halides is 1. The molecule has 0 saturated heterocycles. The topological polar surface area (TPSA) is 53.1 Å². The zero-order valence-electron chi connectivity index (χ0n) is 9.98. The number of hydrogen-bond donors (Lipinski definition) is 1. The molecule has 1 atom stereocenters. The molecule has 1 aromatic carbocycles. The highest BCUT2D eigenvalue weighted by Crippen LogP contribution is 2.28. The normalized spacial score (nSPS) is 12.9. The van der Waals surface area contributed by atoms with Gasteiger partial charge in [0.1, 0.15) is 21.7 Å². The van der Waals surface area contributed by atoms with Gasteiger partial charge < -0.3 is 15.0 Å². The first kappa shape index (κ1) is 12.6. The van der Waals surface area contributed by atoms with Crippen LogP contribution in [0.4, 0.5) is 0 Å². The highest BCUT2D eigenvalue weighted by atomic mass is 127. The van der Waals surface area contributed by atoms with E-state index in [4.69, 9.17) is 10.5 Å². The first-order valence-electron chi connectivity index (χ1n) is 5.62. The van der Waals surface area contributed by atoms with Gasteiger partial charge in [0.15, 0.2) is 0 Å². The Labute approximate surface area is 114 Å².